The molecule has 0 N–H and O–H groups in total. The fourth-order valence-corrected chi connectivity index (χ4v) is 3.38. The Hall–Kier alpha value is -1.25. The molecule has 2 heterocycles. The zero-order valence-electron chi connectivity index (χ0n) is 10.1. The molecule has 0 aromatic carbocycles. The molecule has 1 saturated heterocycles. The third-order valence-electron chi connectivity index (χ3n) is 4.33. The van der Waals surface area contributed by atoms with Crippen LogP contribution >= 0.6 is 0 Å². The van der Waals surface area contributed by atoms with Crippen LogP contribution in [-0.2, 0) is 0 Å². The van der Waals surface area contributed by atoms with Gasteiger partial charge in [0.2, 0.25) is 0 Å². The molecule has 2 aliphatic rings. The first-order valence-electron chi connectivity index (χ1n) is 6.67. The summed E-state index contributed by atoms with van der Waals surface area (Å²) in [5, 5.41) is 0. The van der Waals surface area contributed by atoms with Crippen molar-refractivity contribution in [2.75, 3.05) is 18.0 Å². The number of furan rings is 1. The molecule has 17 heavy (non-hydrogen) atoms. The maximum absolute atomic E-state index is 10.6. The molecule has 3 nitrogen and oxygen atoms in total. The third-order valence-corrected chi connectivity index (χ3v) is 4.33. The highest BCUT2D eigenvalue weighted by Gasteiger charge is 2.31. The minimum absolute atomic E-state index is 0.436. The zero-order valence-corrected chi connectivity index (χ0v) is 10.1. The van der Waals surface area contributed by atoms with Gasteiger partial charge in [-0.2, -0.15) is 0 Å². The summed E-state index contributed by atoms with van der Waals surface area (Å²) >= 11 is 0. The Morgan fingerprint density at radius 3 is 2.76 bits per heavy atom. The molecule has 1 saturated carbocycles. The van der Waals surface area contributed by atoms with Crippen LogP contribution in [0.2, 0.25) is 0 Å². The van der Waals surface area contributed by atoms with E-state index in [0.717, 1.165) is 37.1 Å². The van der Waals surface area contributed by atoms with Gasteiger partial charge in [0.25, 0.3) is 0 Å². The number of hydrogen-bond donors (Lipinski definition) is 0. The molecule has 0 radical (unpaired) electrons. The number of piperidine rings is 1. The van der Waals surface area contributed by atoms with E-state index in [1.165, 1.54) is 32.1 Å². The summed E-state index contributed by atoms with van der Waals surface area (Å²) < 4.78 is 5.51. The maximum Gasteiger partial charge on any atom is 0.196 e. The molecule has 2 unspecified atom stereocenters. The van der Waals surface area contributed by atoms with Crippen molar-refractivity contribution in [3.05, 3.63) is 17.9 Å². The van der Waals surface area contributed by atoms with Crippen LogP contribution in [0.15, 0.2) is 16.5 Å². The molecule has 0 spiro atoms. The second kappa shape index (κ2) is 4.55. The van der Waals surface area contributed by atoms with Gasteiger partial charge in [0.1, 0.15) is 0 Å². The van der Waals surface area contributed by atoms with Gasteiger partial charge in [-0.3, -0.25) is 4.79 Å². The van der Waals surface area contributed by atoms with Crippen molar-refractivity contribution in [2.45, 2.75) is 32.1 Å². The SMILES string of the molecule is O=Cc1ccc(N2CCC3CCCCC3C2)o1. The van der Waals surface area contributed by atoms with Crippen molar-refractivity contribution >= 4 is 12.2 Å². The van der Waals surface area contributed by atoms with Crippen LogP contribution in [0.25, 0.3) is 0 Å². The average Bonchev–Trinajstić information content (AvgIpc) is 2.87. The third kappa shape index (κ3) is 2.11. The molecule has 0 bridgehead atoms. The van der Waals surface area contributed by atoms with Crippen molar-refractivity contribution in [3.63, 3.8) is 0 Å². The van der Waals surface area contributed by atoms with Gasteiger partial charge in [0.15, 0.2) is 17.9 Å². The lowest BCUT2D eigenvalue weighted by atomic mass is 9.75. The van der Waals surface area contributed by atoms with Crippen LogP contribution in [0.5, 0.6) is 0 Å². The highest BCUT2D eigenvalue weighted by molar-refractivity contribution is 5.71. The van der Waals surface area contributed by atoms with E-state index in [2.05, 4.69) is 4.90 Å². The lowest BCUT2D eigenvalue weighted by Crippen LogP contribution is -2.41. The van der Waals surface area contributed by atoms with Gasteiger partial charge in [0, 0.05) is 19.2 Å². The van der Waals surface area contributed by atoms with Gasteiger partial charge in [-0.1, -0.05) is 19.3 Å². The first-order chi connectivity index (χ1) is 8.36. The number of carbonyl (C=O) groups excluding carboxylic acids is 1. The van der Waals surface area contributed by atoms with E-state index >= 15 is 0 Å². The van der Waals surface area contributed by atoms with E-state index in [-0.39, 0.29) is 0 Å². The molecule has 1 aliphatic heterocycles. The minimum atomic E-state index is 0.436. The highest BCUT2D eigenvalue weighted by atomic mass is 16.4. The number of aldehydes is 1. The summed E-state index contributed by atoms with van der Waals surface area (Å²) in [5.74, 6) is 3.07. The van der Waals surface area contributed by atoms with Crippen molar-refractivity contribution in [3.8, 4) is 0 Å². The Morgan fingerprint density at radius 1 is 1.18 bits per heavy atom. The maximum atomic E-state index is 10.6. The summed E-state index contributed by atoms with van der Waals surface area (Å²) in [5.41, 5.74) is 0. The van der Waals surface area contributed by atoms with Gasteiger partial charge < -0.3 is 9.32 Å². The van der Waals surface area contributed by atoms with E-state index in [1.54, 1.807) is 6.07 Å². The van der Waals surface area contributed by atoms with Crippen LogP contribution in [0.1, 0.15) is 42.7 Å². The molecule has 2 atom stereocenters. The van der Waals surface area contributed by atoms with Crippen molar-refractivity contribution in [1.29, 1.82) is 0 Å². The second-order valence-electron chi connectivity index (χ2n) is 5.33. The Balaban J connectivity index is 1.70. The Morgan fingerprint density at radius 2 is 2.00 bits per heavy atom. The first kappa shape index (κ1) is 10.9. The van der Waals surface area contributed by atoms with E-state index in [0.29, 0.717) is 5.76 Å². The summed E-state index contributed by atoms with van der Waals surface area (Å²) in [6, 6.07) is 3.68. The van der Waals surface area contributed by atoms with E-state index in [4.69, 9.17) is 4.42 Å². The van der Waals surface area contributed by atoms with Crippen molar-refractivity contribution in [2.24, 2.45) is 11.8 Å². The lowest BCUT2D eigenvalue weighted by Gasteiger charge is -2.41. The first-order valence-corrected chi connectivity index (χ1v) is 6.67. The van der Waals surface area contributed by atoms with Gasteiger partial charge >= 0.3 is 0 Å². The average molecular weight is 233 g/mol. The quantitative estimate of drug-likeness (QED) is 0.736. The standard InChI is InChI=1S/C14H19NO2/c16-10-13-5-6-14(17-13)15-8-7-11-3-1-2-4-12(11)9-15/h5-6,10-12H,1-4,7-9H2. The topological polar surface area (TPSA) is 33.5 Å². The molecule has 3 rings (SSSR count). The normalized spacial score (nSPS) is 28.8. The number of nitrogens with zero attached hydrogens (tertiary/aromatic N) is 1. The second-order valence-corrected chi connectivity index (χ2v) is 5.33. The Labute approximate surface area is 102 Å². The zero-order chi connectivity index (χ0) is 11.7. The monoisotopic (exact) mass is 233 g/mol. The predicted octanol–water partition coefficient (Wildman–Crippen LogP) is 3.11. The van der Waals surface area contributed by atoms with Crippen LogP contribution in [0.4, 0.5) is 5.88 Å². The Bertz CT molecular complexity index is 399. The van der Waals surface area contributed by atoms with Gasteiger partial charge in [-0.25, -0.2) is 0 Å². The smallest absolute Gasteiger partial charge is 0.196 e. The van der Waals surface area contributed by atoms with Gasteiger partial charge in [-0.05, 0) is 30.7 Å². The Kier molecular flexibility index (Phi) is 2.91. The number of fused-ring (bicyclic) bond motifs is 1. The highest BCUT2D eigenvalue weighted by Crippen LogP contribution is 2.37. The molecule has 92 valence electrons. The van der Waals surface area contributed by atoms with E-state index in [1.807, 2.05) is 6.07 Å². The molecule has 1 aromatic heterocycles. The number of rotatable bonds is 2. The number of carbonyl (C=O) groups is 1. The molecule has 1 aromatic rings. The fraction of sp³-hybridized carbons (Fsp3) is 0.643. The largest absolute Gasteiger partial charge is 0.438 e. The van der Waals surface area contributed by atoms with Gasteiger partial charge in [0.05, 0.1) is 0 Å². The van der Waals surface area contributed by atoms with Crippen molar-refractivity contribution in [1.82, 2.24) is 0 Å². The molecule has 2 fully saturated rings. The fourth-order valence-electron chi connectivity index (χ4n) is 3.38. The van der Waals surface area contributed by atoms with Crippen molar-refractivity contribution < 1.29 is 9.21 Å². The number of hydrogen-bond acceptors (Lipinski definition) is 3. The molecular weight excluding hydrogens is 214 g/mol. The van der Waals surface area contributed by atoms with Gasteiger partial charge in [-0.15, -0.1) is 0 Å². The van der Waals surface area contributed by atoms with Crippen LogP contribution < -0.4 is 4.90 Å². The summed E-state index contributed by atoms with van der Waals surface area (Å²) in [7, 11) is 0. The molecule has 0 amide bonds. The predicted molar refractivity (Wildman–Crippen MR) is 66.4 cm³/mol. The minimum Gasteiger partial charge on any atom is -0.438 e. The summed E-state index contributed by atoms with van der Waals surface area (Å²) in [4.78, 5) is 12.9. The van der Waals surface area contributed by atoms with Crippen LogP contribution in [0, 0.1) is 11.8 Å². The summed E-state index contributed by atoms with van der Waals surface area (Å²) in [6.45, 7) is 2.18. The summed E-state index contributed by atoms with van der Waals surface area (Å²) in [6.07, 6.45) is 7.63. The molecule has 1 aliphatic carbocycles. The van der Waals surface area contributed by atoms with E-state index in [9.17, 15) is 4.79 Å². The van der Waals surface area contributed by atoms with E-state index < -0.39 is 0 Å². The van der Waals surface area contributed by atoms with Crippen LogP contribution in [0.3, 0.4) is 0 Å². The molecule has 3 heteroatoms. The molecular formula is C14H19NO2. The lowest BCUT2D eigenvalue weighted by molar-refractivity contribution is 0.110. The number of anilines is 1. The van der Waals surface area contributed by atoms with Crippen LogP contribution in [-0.4, -0.2) is 19.4 Å².